The van der Waals surface area contributed by atoms with Crippen molar-refractivity contribution in [1.29, 1.82) is 0 Å². The molecule has 10 heavy (non-hydrogen) atoms. The van der Waals surface area contributed by atoms with Gasteiger partial charge in [0.05, 0.1) is 6.17 Å². The molecule has 0 aliphatic carbocycles. The number of hydrogen-bond acceptors (Lipinski definition) is 2. The van der Waals surface area contributed by atoms with Gasteiger partial charge in [0.15, 0.2) is 0 Å². The van der Waals surface area contributed by atoms with Gasteiger partial charge < -0.3 is 11.5 Å². The minimum atomic E-state index is -0.147. The fourth-order valence-electron chi connectivity index (χ4n) is 0.691. The van der Waals surface area contributed by atoms with Crippen molar-refractivity contribution >= 4 is 0 Å². The van der Waals surface area contributed by atoms with Crippen LogP contribution in [0, 0.1) is 0 Å². The summed E-state index contributed by atoms with van der Waals surface area (Å²) in [6, 6.07) is 0. The molecule has 0 saturated heterocycles. The van der Waals surface area contributed by atoms with Crippen LogP contribution in [0.1, 0.15) is 32.6 Å². The summed E-state index contributed by atoms with van der Waals surface area (Å²) in [5.41, 5.74) is 10.7. The van der Waals surface area contributed by atoms with E-state index in [1.807, 2.05) is 0 Å². The van der Waals surface area contributed by atoms with E-state index in [0.717, 1.165) is 12.8 Å². The molecule has 0 atom stereocenters. The Hall–Kier alpha value is -0.340. The standard InChI is InChI=1S/C8H18N2/c1-2-3-4-5-6-7-8(9)10/h4-5,8H,2-3,6-7,9-10H2,1H3. The molecule has 0 rings (SSSR count). The van der Waals surface area contributed by atoms with Crippen LogP contribution in [0.4, 0.5) is 0 Å². The Bertz CT molecular complexity index is 87.3. The molecule has 2 heteroatoms. The fraction of sp³-hybridized carbons (Fsp3) is 0.750. The summed E-state index contributed by atoms with van der Waals surface area (Å²) in [6.07, 6.45) is 8.47. The van der Waals surface area contributed by atoms with Crippen LogP contribution < -0.4 is 11.5 Å². The van der Waals surface area contributed by atoms with E-state index >= 15 is 0 Å². The third-order valence-corrected chi connectivity index (χ3v) is 1.29. The smallest absolute Gasteiger partial charge is 0.0523 e. The zero-order valence-corrected chi connectivity index (χ0v) is 6.72. The normalized spacial score (nSPS) is 11.6. The maximum Gasteiger partial charge on any atom is 0.0523 e. The maximum absolute atomic E-state index is 5.35. The Morgan fingerprint density at radius 1 is 1.20 bits per heavy atom. The van der Waals surface area contributed by atoms with Crippen LogP contribution in [0.15, 0.2) is 12.2 Å². The number of unbranched alkanes of at least 4 members (excludes halogenated alkanes) is 1. The molecule has 0 saturated carbocycles. The third-order valence-electron chi connectivity index (χ3n) is 1.29. The van der Waals surface area contributed by atoms with Crippen LogP contribution in [-0.2, 0) is 0 Å². The molecule has 2 nitrogen and oxygen atoms in total. The zero-order chi connectivity index (χ0) is 7.82. The van der Waals surface area contributed by atoms with Gasteiger partial charge in [-0.25, -0.2) is 0 Å². The Kier molecular flexibility index (Phi) is 6.55. The van der Waals surface area contributed by atoms with E-state index < -0.39 is 0 Å². The van der Waals surface area contributed by atoms with Gasteiger partial charge in [-0.1, -0.05) is 25.5 Å². The molecule has 0 spiro atoms. The summed E-state index contributed by atoms with van der Waals surface area (Å²) in [4.78, 5) is 0. The summed E-state index contributed by atoms with van der Waals surface area (Å²) in [5, 5.41) is 0. The second-order valence-corrected chi connectivity index (χ2v) is 2.50. The highest BCUT2D eigenvalue weighted by molar-refractivity contribution is 4.81. The monoisotopic (exact) mass is 142 g/mol. The number of hydrogen-bond donors (Lipinski definition) is 2. The van der Waals surface area contributed by atoms with Crippen molar-refractivity contribution in [2.45, 2.75) is 38.8 Å². The molecule has 0 aromatic rings. The molecule has 0 amide bonds. The van der Waals surface area contributed by atoms with Crippen molar-refractivity contribution in [3.05, 3.63) is 12.2 Å². The highest BCUT2D eigenvalue weighted by Crippen LogP contribution is 1.94. The topological polar surface area (TPSA) is 52.0 Å². The Morgan fingerprint density at radius 2 is 1.80 bits per heavy atom. The van der Waals surface area contributed by atoms with Gasteiger partial charge >= 0.3 is 0 Å². The Morgan fingerprint density at radius 3 is 2.30 bits per heavy atom. The average molecular weight is 142 g/mol. The highest BCUT2D eigenvalue weighted by Gasteiger charge is 1.88. The molecule has 0 aromatic heterocycles. The van der Waals surface area contributed by atoms with Gasteiger partial charge in [0.1, 0.15) is 0 Å². The lowest BCUT2D eigenvalue weighted by molar-refractivity contribution is 0.647. The first-order valence-electron chi connectivity index (χ1n) is 3.93. The molecule has 0 fully saturated rings. The van der Waals surface area contributed by atoms with Crippen LogP contribution in [0.25, 0.3) is 0 Å². The van der Waals surface area contributed by atoms with Crippen molar-refractivity contribution in [3.63, 3.8) is 0 Å². The van der Waals surface area contributed by atoms with Gasteiger partial charge in [-0.3, -0.25) is 0 Å². The SMILES string of the molecule is CCCC=CCCC(N)N. The molecule has 0 aliphatic heterocycles. The number of nitrogens with two attached hydrogens (primary N) is 2. The summed E-state index contributed by atoms with van der Waals surface area (Å²) in [5.74, 6) is 0. The van der Waals surface area contributed by atoms with Crippen LogP contribution in [0.2, 0.25) is 0 Å². The largest absolute Gasteiger partial charge is 0.316 e. The molecule has 0 unspecified atom stereocenters. The van der Waals surface area contributed by atoms with Crippen molar-refractivity contribution in [1.82, 2.24) is 0 Å². The molecule has 60 valence electrons. The van der Waals surface area contributed by atoms with Crippen molar-refractivity contribution in [2.24, 2.45) is 11.5 Å². The lowest BCUT2D eigenvalue weighted by Crippen LogP contribution is -2.29. The summed E-state index contributed by atoms with van der Waals surface area (Å²) in [7, 11) is 0. The number of rotatable bonds is 5. The van der Waals surface area contributed by atoms with Gasteiger partial charge in [0.2, 0.25) is 0 Å². The van der Waals surface area contributed by atoms with Gasteiger partial charge in [0.25, 0.3) is 0 Å². The Labute approximate surface area is 63.3 Å². The second-order valence-electron chi connectivity index (χ2n) is 2.50. The van der Waals surface area contributed by atoms with Crippen LogP contribution in [0.3, 0.4) is 0 Å². The van der Waals surface area contributed by atoms with Crippen LogP contribution in [-0.4, -0.2) is 6.17 Å². The first-order chi connectivity index (χ1) is 4.77. The van der Waals surface area contributed by atoms with E-state index in [4.69, 9.17) is 11.5 Å². The predicted molar refractivity (Wildman–Crippen MR) is 45.4 cm³/mol. The minimum absolute atomic E-state index is 0.147. The maximum atomic E-state index is 5.35. The zero-order valence-electron chi connectivity index (χ0n) is 6.72. The summed E-state index contributed by atoms with van der Waals surface area (Å²) >= 11 is 0. The van der Waals surface area contributed by atoms with Gasteiger partial charge in [-0.05, 0) is 19.3 Å². The van der Waals surface area contributed by atoms with Gasteiger partial charge in [0, 0.05) is 0 Å². The van der Waals surface area contributed by atoms with E-state index in [1.54, 1.807) is 0 Å². The first-order valence-corrected chi connectivity index (χ1v) is 3.93. The molecule has 0 aromatic carbocycles. The third kappa shape index (κ3) is 7.66. The quantitative estimate of drug-likeness (QED) is 0.450. The molecule has 4 N–H and O–H groups in total. The molecule has 0 aliphatic rings. The van der Waals surface area contributed by atoms with Crippen molar-refractivity contribution in [2.75, 3.05) is 0 Å². The van der Waals surface area contributed by atoms with E-state index in [9.17, 15) is 0 Å². The first kappa shape index (κ1) is 9.66. The molecule has 0 radical (unpaired) electrons. The molecule has 0 heterocycles. The average Bonchev–Trinajstić information content (AvgIpc) is 1.87. The summed E-state index contributed by atoms with van der Waals surface area (Å²) < 4.78 is 0. The summed E-state index contributed by atoms with van der Waals surface area (Å²) in [6.45, 7) is 2.17. The highest BCUT2D eigenvalue weighted by atomic mass is 14.8. The van der Waals surface area contributed by atoms with E-state index in [1.165, 1.54) is 12.8 Å². The fourth-order valence-corrected chi connectivity index (χ4v) is 0.691. The molecular weight excluding hydrogens is 124 g/mol. The van der Waals surface area contributed by atoms with Crippen molar-refractivity contribution in [3.8, 4) is 0 Å². The predicted octanol–water partition coefficient (Wildman–Crippen LogP) is 1.37. The number of allylic oxidation sites excluding steroid dienone is 2. The molecule has 0 bridgehead atoms. The van der Waals surface area contributed by atoms with Gasteiger partial charge in [-0.15, -0.1) is 0 Å². The van der Waals surface area contributed by atoms with Crippen molar-refractivity contribution < 1.29 is 0 Å². The second kappa shape index (κ2) is 6.78. The van der Waals surface area contributed by atoms with E-state index in [0.29, 0.717) is 0 Å². The van der Waals surface area contributed by atoms with Crippen LogP contribution >= 0.6 is 0 Å². The van der Waals surface area contributed by atoms with E-state index in [-0.39, 0.29) is 6.17 Å². The Balaban J connectivity index is 3.02. The van der Waals surface area contributed by atoms with E-state index in [2.05, 4.69) is 19.1 Å². The molecular formula is C8H18N2. The lowest BCUT2D eigenvalue weighted by Gasteiger charge is -1.99. The minimum Gasteiger partial charge on any atom is -0.316 e. The lowest BCUT2D eigenvalue weighted by atomic mass is 10.2. The van der Waals surface area contributed by atoms with Crippen LogP contribution in [0.5, 0.6) is 0 Å². The van der Waals surface area contributed by atoms with Gasteiger partial charge in [-0.2, -0.15) is 0 Å².